The molecule has 1 N–H and O–H groups in total. The molecule has 21 heavy (non-hydrogen) atoms. The van der Waals surface area contributed by atoms with Crippen molar-refractivity contribution in [1.29, 1.82) is 0 Å². The smallest absolute Gasteiger partial charge is 0.237 e. The lowest BCUT2D eigenvalue weighted by molar-refractivity contribution is -0.125. The van der Waals surface area contributed by atoms with E-state index in [0.29, 0.717) is 19.0 Å². The van der Waals surface area contributed by atoms with E-state index in [4.69, 9.17) is 8.83 Å². The van der Waals surface area contributed by atoms with Crippen molar-refractivity contribution >= 4 is 5.91 Å². The predicted molar refractivity (Wildman–Crippen MR) is 75.2 cm³/mol. The zero-order valence-electron chi connectivity index (χ0n) is 12.0. The Kier molecular flexibility index (Phi) is 4.06. The van der Waals surface area contributed by atoms with Crippen LogP contribution in [0.1, 0.15) is 30.2 Å². The van der Waals surface area contributed by atoms with Gasteiger partial charge >= 0.3 is 0 Å². The fourth-order valence-electron chi connectivity index (χ4n) is 2.71. The molecule has 1 aliphatic rings. The SMILES string of the molecule is Cc1nc(CN2CCCC2C(=O)NCc2ccco2)co1. The number of likely N-dealkylation sites (tertiary alicyclic amines) is 1. The van der Waals surface area contributed by atoms with Crippen molar-refractivity contribution in [2.45, 2.75) is 38.9 Å². The van der Waals surface area contributed by atoms with Gasteiger partial charge in [0.05, 0.1) is 24.5 Å². The first-order chi connectivity index (χ1) is 10.2. The number of oxazole rings is 1. The van der Waals surface area contributed by atoms with Crippen LogP contribution in [0.3, 0.4) is 0 Å². The summed E-state index contributed by atoms with van der Waals surface area (Å²) in [5, 5.41) is 2.93. The van der Waals surface area contributed by atoms with E-state index in [1.807, 2.05) is 19.1 Å². The van der Waals surface area contributed by atoms with Crippen LogP contribution in [0.5, 0.6) is 0 Å². The van der Waals surface area contributed by atoms with Crippen LogP contribution in [-0.4, -0.2) is 28.4 Å². The Morgan fingerprint density at radius 1 is 1.52 bits per heavy atom. The number of furan rings is 1. The van der Waals surface area contributed by atoms with E-state index >= 15 is 0 Å². The highest BCUT2D eigenvalue weighted by Gasteiger charge is 2.31. The molecular weight excluding hydrogens is 270 g/mol. The number of hydrogen-bond acceptors (Lipinski definition) is 5. The van der Waals surface area contributed by atoms with E-state index in [0.717, 1.165) is 30.8 Å². The number of carbonyl (C=O) groups is 1. The molecule has 1 amide bonds. The Hall–Kier alpha value is -2.08. The van der Waals surface area contributed by atoms with Crippen LogP contribution in [0, 0.1) is 6.92 Å². The van der Waals surface area contributed by atoms with Gasteiger partial charge in [0.2, 0.25) is 5.91 Å². The molecule has 6 nitrogen and oxygen atoms in total. The fraction of sp³-hybridized carbons (Fsp3) is 0.467. The van der Waals surface area contributed by atoms with Gasteiger partial charge in [-0.25, -0.2) is 4.98 Å². The molecule has 2 aromatic rings. The molecule has 0 bridgehead atoms. The van der Waals surface area contributed by atoms with Crippen LogP contribution in [0.25, 0.3) is 0 Å². The van der Waals surface area contributed by atoms with Crippen molar-refractivity contribution in [3.05, 3.63) is 42.0 Å². The minimum Gasteiger partial charge on any atom is -0.467 e. The van der Waals surface area contributed by atoms with Gasteiger partial charge in [-0.1, -0.05) is 0 Å². The molecule has 112 valence electrons. The summed E-state index contributed by atoms with van der Waals surface area (Å²) in [5.41, 5.74) is 0.873. The third-order valence-electron chi connectivity index (χ3n) is 3.71. The lowest BCUT2D eigenvalue weighted by atomic mass is 10.2. The monoisotopic (exact) mass is 289 g/mol. The second-order valence-electron chi connectivity index (χ2n) is 5.28. The first-order valence-electron chi connectivity index (χ1n) is 7.17. The van der Waals surface area contributed by atoms with Crippen molar-refractivity contribution in [1.82, 2.24) is 15.2 Å². The van der Waals surface area contributed by atoms with E-state index in [2.05, 4.69) is 15.2 Å². The summed E-state index contributed by atoms with van der Waals surface area (Å²) in [5.74, 6) is 1.46. The summed E-state index contributed by atoms with van der Waals surface area (Å²) < 4.78 is 10.4. The van der Waals surface area contributed by atoms with Crippen molar-refractivity contribution in [3.63, 3.8) is 0 Å². The minimum atomic E-state index is -0.100. The van der Waals surface area contributed by atoms with Crippen LogP contribution >= 0.6 is 0 Å². The van der Waals surface area contributed by atoms with Gasteiger partial charge < -0.3 is 14.2 Å². The Morgan fingerprint density at radius 3 is 3.14 bits per heavy atom. The highest BCUT2D eigenvalue weighted by Crippen LogP contribution is 2.20. The molecule has 1 fully saturated rings. The molecule has 1 aliphatic heterocycles. The van der Waals surface area contributed by atoms with Gasteiger partial charge in [0.25, 0.3) is 0 Å². The first-order valence-corrected chi connectivity index (χ1v) is 7.17. The van der Waals surface area contributed by atoms with Crippen LogP contribution in [-0.2, 0) is 17.9 Å². The Bertz CT molecular complexity index is 591. The molecule has 0 saturated carbocycles. The zero-order chi connectivity index (χ0) is 14.7. The zero-order valence-corrected chi connectivity index (χ0v) is 12.0. The summed E-state index contributed by atoms with van der Waals surface area (Å²) in [6.07, 6.45) is 5.16. The summed E-state index contributed by atoms with van der Waals surface area (Å²) in [7, 11) is 0. The van der Waals surface area contributed by atoms with Crippen molar-refractivity contribution in [3.8, 4) is 0 Å². The quantitative estimate of drug-likeness (QED) is 0.909. The molecule has 1 atom stereocenters. The first kappa shape index (κ1) is 13.9. The maximum absolute atomic E-state index is 12.3. The van der Waals surface area contributed by atoms with E-state index in [1.54, 1.807) is 12.5 Å². The number of aryl methyl sites for hydroxylation is 1. The van der Waals surface area contributed by atoms with E-state index < -0.39 is 0 Å². The minimum absolute atomic E-state index is 0.0455. The van der Waals surface area contributed by atoms with Gasteiger partial charge in [0.15, 0.2) is 5.89 Å². The van der Waals surface area contributed by atoms with Crippen LogP contribution in [0.2, 0.25) is 0 Å². The summed E-state index contributed by atoms with van der Waals surface area (Å²) in [6, 6.07) is 3.57. The van der Waals surface area contributed by atoms with Gasteiger partial charge in [-0.05, 0) is 31.5 Å². The van der Waals surface area contributed by atoms with E-state index in [1.165, 1.54) is 0 Å². The molecule has 0 aliphatic carbocycles. The fourth-order valence-corrected chi connectivity index (χ4v) is 2.71. The Morgan fingerprint density at radius 2 is 2.43 bits per heavy atom. The van der Waals surface area contributed by atoms with E-state index in [9.17, 15) is 4.79 Å². The van der Waals surface area contributed by atoms with Gasteiger partial charge in [0.1, 0.15) is 12.0 Å². The van der Waals surface area contributed by atoms with E-state index in [-0.39, 0.29) is 11.9 Å². The van der Waals surface area contributed by atoms with Crippen LogP contribution < -0.4 is 5.32 Å². The molecule has 1 unspecified atom stereocenters. The maximum Gasteiger partial charge on any atom is 0.237 e. The predicted octanol–water partition coefficient (Wildman–Crippen LogP) is 1.86. The van der Waals surface area contributed by atoms with Gasteiger partial charge in [-0.3, -0.25) is 9.69 Å². The summed E-state index contributed by atoms with van der Waals surface area (Å²) >= 11 is 0. The molecule has 2 aromatic heterocycles. The van der Waals surface area contributed by atoms with Gasteiger partial charge in [0, 0.05) is 13.5 Å². The molecule has 6 heteroatoms. The number of aromatic nitrogens is 1. The average Bonchev–Trinajstić information content (AvgIpc) is 3.19. The van der Waals surface area contributed by atoms with Crippen molar-refractivity contribution in [2.75, 3.05) is 6.54 Å². The number of carbonyl (C=O) groups excluding carboxylic acids is 1. The molecule has 3 rings (SSSR count). The number of rotatable bonds is 5. The molecule has 1 saturated heterocycles. The molecular formula is C15H19N3O3. The molecule has 0 radical (unpaired) electrons. The van der Waals surface area contributed by atoms with Gasteiger partial charge in [-0.15, -0.1) is 0 Å². The highest BCUT2D eigenvalue weighted by molar-refractivity contribution is 5.81. The average molecular weight is 289 g/mol. The molecule has 3 heterocycles. The lowest BCUT2D eigenvalue weighted by Gasteiger charge is -2.22. The summed E-state index contributed by atoms with van der Waals surface area (Å²) in [6.45, 7) is 3.81. The number of hydrogen-bond donors (Lipinski definition) is 1. The van der Waals surface area contributed by atoms with Crippen LogP contribution in [0.4, 0.5) is 0 Å². The number of amides is 1. The second kappa shape index (κ2) is 6.13. The lowest BCUT2D eigenvalue weighted by Crippen LogP contribution is -2.42. The normalized spacial score (nSPS) is 19.0. The number of nitrogens with one attached hydrogen (secondary N) is 1. The van der Waals surface area contributed by atoms with Crippen molar-refractivity contribution < 1.29 is 13.6 Å². The summed E-state index contributed by atoms with van der Waals surface area (Å²) in [4.78, 5) is 18.8. The Balaban J connectivity index is 1.56. The van der Waals surface area contributed by atoms with Crippen molar-refractivity contribution in [2.24, 2.45) is 0 Å². The Labute approximate surface area is 123 Å². The molecule has 0 aromatic carbocycles. The third-order valence-corrected chi connectivity index (χ3v) is 3.71. The van der Waals surface area contributed by atoms with Crippen LogP contribution in [0.15, 0.2) is 33.5 Å². The second-order valence-corrected chi connectivity index (χ2v) is 5.28. The third kappa shape index (κ3) is 3.33. The highest BCUT2D eigenvalue weighted by atomic mass is 16.3. The standard InChI is InChI=1S/C15H19N3O3/c1-11-17-12(10-21-11)9-18-6-2-5-14(18)15(19)16-8-13-4-3-7-20-13/h3-4,7,10,14H,2,5-6,8-9H2,1H3,(H,16,19). The molecule has 0 spiro atoms. The number of nitrogens with zero attached hydrogens (tertiary/aromatic N) is 2. The van der Waals surface area contributed by atoms with Gasteiger partial charge in [-0.2, -0.15) is 0 Å². The largest absolute Gasteiger partial charge is 0.467 e. The topological polar surface area (TPSA) is 71.5 Å². The maximum atomic E-state index is 12.3.